The van der Waals surface area contributed by atoms with E-state index >= 15 is 0 Å². The first-order valence-electron chi connectivity index (χ1n) is 38.7. The van der Waals surface area contributed by atoms with Crippen LogP contribution in [0.15, 0.2) is 72.9 Å². The Kier molecular flexibility index (Phi) is 65.1. The molecule has 0 aromatic rings. The first-order chi connectivity index (χ1) is 43.8. The summed E-state index contributed by atoms with van der Waals surface area (Å²) in [6, 6.07) is -0.824. The van der Waals surface area contributed by atoms with Crippen molar-refractivity contribution in [3.8, 4) is 0 Å². The van der Waals surface area contributed by atoms with E-state index in [0.29, 0.717) is 6.42 Å². The molecular weight excluding hydrogens is 1100 g/mol. The van der Waals surface area contributed by atoms with Crippen molar-refractivity contribution in [2.75, 3.05) is 13.2 Å². The van der Waals surface area contributed by atoms with E-state index in [1.54, 1.807) is 6.08 Å². The lowest BCUT2D eigenvalue weighted by Gasteiger charge is -2.40. The molecule has 7 atom stereocenters. The highest BCUT2D eigenvalue weighted by Gasteiger charge is 2.44. The maximum atomic E-state index is 13.2. The van der Waals surface area contributed by atoms with Gasteiger partial charge in [-0.1, -0.05) is 369 Å². The van der Waals surface area contributed by atoms with Gasteiger partial charge in [0.15, 0.2) is 6.29 Å². The van der Waals surface area contributed by atoms with Gasteiger partial charge in [0.1, 0.15) is 24.4 Å². The number of carbonyl (C=O) groups is 1. The number of rotatable bonds is 68. The molecule has 6 N–H and O–H groups in total. The summed E-state index contributed by atoms with van der Waals surface area (Å²) in [5.74, 6) is -0.180. The van der Waals surface area contributed by atoms with E-state index in [4.69, 9.17) is 9.47 Å². The Labute approximate surface area is 550 Å². The number of hydrogen-bond donors (Lipinski definition) is 6. The molecule has 1 amide bonds. The summed E-state index contributed by atoms with van der Waals surface area (Å²) in [7, 11) is 0. The van der Waals surface area contributed by atoms with Crippen LogP contribution in [0.2, 0.25) is 0 Å². The Hall–Kier alpha value is -2.37. The Balaban J connectivity index is 2.07. The van der Waals surface area contributed by atoms with Gasteiger partial charge in [-0.2, -0.15) is 0 Å². The second-order valence-corrected chi connectivity index (χ2v) is 26.8. The molecule has 0 bridgehead atoms. The second kappa shape index (κ2) is 68.5. The molecule has 0 saturated carbocycles. The Bertz CT molecular complexity index is 1640. The minimum absolute atomic E-state index is 0.180. The van der Waals surface area contributed by atoms with Crippen LogP contribution in [0.1, 0.15) is 373 Å². The zero-order valence-electron chi connectivity index (χ0n) is 58.4. The van der Waals surface area contributed by atoms with E-state index in [9.17, 15) is 30.3 Å². The molecule has 1 rings (SSSR count). The number of ether oxygens (including phenoxy) is 2. The van der Waals surface area contributed by atoms with Gasteiger partial charge in [0.2, 0.25) is 5.91 Å². The van der Waals surface area contributed by atoms with Crippen molar-refractivity contribution in [3.63, 3.8) is 0 Å². The predicted octanol–water partition coefficient (Wildman–Crippen LogP) is 21.9. The summed E-state index contributed by atoms with van der Waals surface area (Å²) >= 11 is 0. The van der Waals surface area contributed by atoms with Crippen LogP contribution in [-0.4, -0.2) is 87.5 Å². The average molecular weight is 1250 g/mol. The molecule has 0 aromatic heterocycles. The highest BCUT2D eigenvalue weighted by molar-refractivity contribution is 5.76. The van der Waals surface area contributed by atoms with Crippen molar-refractivity contribution >= 4 is 5.91 Å². The average Bonchev–Trinajstić information content (AvgIpc) is 2.42. The van der Waals surface area contributed by atoms with Crippen LogP contribution in [0.5, 0.6) is 0 Å². The minimum atomic E-state index is -1.57. The molecule has 0 aromatic carbocycles. The van der Waals surface area contributed by atoms with Gasteiger partial charge in [-0.25, -0.2) is 0 Å². The summed E-state index contributed by atoms with van der Waals surface area (Å²) < 4.78 is 11.3. The van der Waals surface area contributed by atoms with Crippen LogP contribution >= 0.6 is 0 Å². The minimum Gasteiger partial charge on any atom is -0.394 e. The van der Waals surface area contributed by atoms with Crippen molar-refractivity contribution in [2.24, 2.45) is 0 Å². The Morgan fingerprint density at radius 3 is 1.08 bits per heavy atom. The molecule has 89 heavy (non-hydrogen) atoms. The second-order valence-electron chi connectivity index (χ2n) is 26.8. The Morgan fingerprint density at radius 1 is 0.393 bits per heavy atom. The highest BCUT2D eigenvalue weighted by atomic mass is 16.7. The predicted molar refractivity (Wildman–Crippen MR) is 382 cm³/mol. The topological polar surface area (TPSA) is 149 Å². The fraction of sp³-hybridized carbons (Fsp3) is 0.838. The van der Waals surface area contributed by atoms with Crippen molar-refractivity contribution in [2.45, 2.75) is 416 Å². The molecule has 1 heterocycles. The third-order valence-electron chi connectivity index (χ3n) is 18.3. The molecule has 9 heteroatoms. The summed E-state index contributed by atoms with van der Waals surface area (Å²) in [4.78, 5) is 13.2. The van der Waals surface area contributed by atoms with Crippen molar-refractivity contribution < 1.29 is 39.8 Å². The van der Waals surface area contributed by atoms with Gasteiger partial charge < -0.3 is 40.3 Å². The van der Waals surface area contributed by atoms with Gasteiger partial charge in [0.05, 0.1) is 25.4 Å². The van der Waals surface area contributed by atoms with Gasteiger partial charge in [-0.15, -0.1) is 0 Å². The maximum Gasteiger partial charge on any atom is 0.220 e. The third-order valence-corrected chi connectivity index (χ3v) is 18.3. The fourth-order valence-corrected chi connectivity index (χ4v) is 12.3. The number of amides is 1. The number of nitrogens with one attached hydrogen (secondary N) is 1. The molecule has 1 aliphatic rings. The number of hydrogen-bond acceptors (Lipinski definition) is 8. The van der Waals surface area contributed by atoms with Crippen LogP contribution in [0, 0.1) is 0 Å². The van der Waals surface area contributed by atoms with E-state index in [0.717, 1.165) is 64.2 Å². The van der Waals surface area contributed by atoms with Crippen LogP contribution in [-0.2, 0) is 14.3 Å². The number of carbonyl (C=O) groups excluding carboxylic acids is 1. The molecule has 520 valence electrons. The molecule has 1 fully saturated rings. The first-order valence-corrected chi connectivity index (χ1v) is 38.7. The molecule has 1 saturated heterocycles. The quantitative estimate of drug-likeness (QED) is 0.0261. The number of aliphatic hydroxyl groups excluding tert-OH is 5. The van der Waals surface area contributed by atoms with Crippen molar-refractivity contribution in [3.05, 3.63) is 72.9 Å². The molecular formula is C80H147NO8. The van der Waals surface area contributed by atoms with Crippen molar-refractivity contribution in [1.82, 2.24) is 5.32 Å². The summed E-state index contributed by atoms with van der Waals surface area (Å²) in [5, 5.41) is 54.8. The fourth-order valence-electron chi connectivity index (χ4n) is 12.3. The smallest absolute Gasteiger partial charge is 0.220 e. The lowest BCUT2D eigenvalue weighted by Crippen LogP contribution is -2.60. The molecule has 9 nitrogen and oxygen atoms in total. The van der Waals surface area contributed by atoms with Gasteiger partial charge >= 0.3 is 0 Å². The monoisotopic (exact) mass is 1250 g/mol. The van der Waals surface area contributed by atoms with E-state index in [1.807, 2.05) is 6.08 Å². The zero-order valence-corrected chi connectivity index (χ0v) is 58.4. The van der Waals surface area contributed by atoms with E-state index in [-0.39, 0.29) is 12.5 Å². The summed E-state index contributed by atoms with van der Waals surface area (Å²) in [6.07, 6.45) is 90.5. The number of allylic oxidation sites excluding steroid dienone is 11. The first kappa shape index (κ1) is 84.6. The van der Waals surface area contributed by atoms with Gasteiger partial charge in [0, 0.05) is 6.42 Å². The lowest BCUT2D eigenvalue weighted by molar-refractivity contribution is -0.302. The molecule has 7 unspecified atom stereocenters. The molecule has 1 aliphatic heterocycles. The summed E-state index contributed by atoms with van der Waals surface area (Å²) in [5.41, 5.74) is 0. The lowest BCUT2D eigenvalue weighted by atomic mass is 9.99. The maximum absolute atomic E-state index is 13.2. The largest absolute Gasteiger partial charge is 0.394 e. The SMILES string of the molecule is CC/C=C\C/C=C\C/C=C\C/C=C\CCCCCCCCCCCCCCCCCCCCCCCCCCCCC(=O)NC(COC1OC(CO)C(O)C(O)C1O)C(O)/C=C/CC/C=C/CCCCCCCCCCCCCCCCCCCCCCC. The van der Waals surface area contributed by atoms with Gasteiger partial charge in [-0.05, 0) is 70.6 Å². The standard InChI is InChI=1S/C80H147NO8/c1-3-5-7-9-11-13-15-17-19-21-23-25-27-29-31-32-33-34-35-36-37-38-39-40-41-42-44-46-48-50-52-54-56-58-60-62-64-66-68-70-76(84)81-73(72-88-80-79(87)78(86)77(85)75(71-82)89-80)74(83)69-67-65-63-61-59-57-55-53-51-49-47-45-43-30-28-26-24-22-20-18-16-14-12-10-8-6-4-2/h5,7,11,13,17,19,23,25,59,61,67,69,73-75,77-80,82-83,85-87H,3-4,6,8-10,12,14-16,18,20-22,24,26-58,60,62-66,68,70-72H2,1-2H3,(H,81,84)/b7-5-,13-11-,19-17-,25-23-,61-59+,69-67+. The van der Waals surface area contributed by atoms with Crippen LogP contribution in [0.25, 0.3) is 0 Å². The van der Waals surface area contributed by atoms with E-state index in [2.05, 4.69) is 79.9 Å². The normalized spacial score (nSPS) is 18.2. The number of unbranched alkanes of at least 4 members (excludes halogenated alkanes) is 48. The van der Waals surface area contributed by atoms with E-state index < -0.39 is 49.5 Å². The Morgan fingerprint density at radius 2 is 0.708 bits per heavy atom. The van der Waals surface area contributed by atoms with Crippen LogP contribution in [0.4, 0.5) is 0 Å². The third kappa shape index (κ3) is 56.9. The van der Waals surface area contributed by atoms with Gasteiger partial charge in [-0.3, -0.25) is 4.79 Å². The molecule has 0 aliphatic carbocycles. The van der Waals surface area contributed by atoms with Crippen LogP contribution in [0.3, 0.4) is 0 Å². The highest BCUT2D eigenvalue weighted by Crippen LogP contribution is 2.24. The zero-order chi connectivity index (χ0) is 64.2. The van der Waals surface area contributed by atoms with E-state index in [1.165, 1.54) is 289 Å². The number of aliphatic hydroxyl groups is 5. The van der Waals surface area contributed by atoms with Gasteiger partial charge in [0.25, 0.3) is 0 Å². The summed E-state index contributed by atoms with van der Waals surface area (Å²) in [6.45, 7) is 3.70. The molecule has 0 radical (unpaired) electrons. The van der Waals surface area contributed by atoms with Crippen molar-refractivity contribution in [1.29, 1.82) is 0 Å². The van der Waals surface area contributed by atoms with Crippen LogP contribution < -0.4 is 5.32 Å². The molecule has 0 spiro atoms.